The van der Waals surface area contributed by atoms with Gasteiger partial charge in [0, 0.05) is 5.69 Å². The van der Waals surface area contributed by atoms with Crippen LogP contribution in [0.3, 0.4) is 0 Å². The van der Waals surface area contributed by atoms with Crippen LogP contribution in [0.25, 0.3) is 0 Å². The molecule has 10 heavy (non-hydrogen) atoms. The Kier molecular flexibility index (Phi) is 1.68. The van der Waals surface area contributed by atoms with Gasteiger partial charge in [-0.3, -0.25) is 15.1 Å². The lowest BCUT2D eigenvalue weighted by molar-refractivity contribution is 0.0705. The molecule has 1 heterocycles. The van der Waals surface area contributed by atoms with Crippen molar-refractivity contribution in [2.75, 3.05) is 0 Å². The molecule has 3 N–H and O–H groups in total. The van der Waals surface area contributed by atoms with Crippen LogP contribution in [0.5, 0.6) is 0 Å². The highest BCUT2D eigenvalue weighted by Crippen LogP contribution is 2.00. The van der Waals surface area contributed by atoms with Crippen molar-refractivity contribution in [1.82, 2.24) is 15.7 Å². The molecule has 0 saturated heterocycles. The molecule has 1 aromatic heterocycles. The second kappa shape index (κ2) is 2.49. The van der Waals surface area contributed by atoms with Gasteiger partial charge in [0.25, 0.3) is 5.91 Å². The van der Waals surface area contributed by atoms with Gasteiger partial charge < -0.3 is 0 Å². The van der Waals surface area contributed by atoms with Gasteiger partial charge in [0.15, 0.2) is 0 Å². The average Bonchev–Trinajstić information content (AvgIpc) is 2.34. The summed E-state index contributed by atoms with van der Waals surface area (Å²) in [6.07, 6.45) is 1.35. The molecule has 0 radical (unpaired) electrons. The minimum Gasteiger partial charge on any atom is -0.288 e. The Hall–Kier alpha value is -1.36. The Labute approximate surface area is 57.0 Å². The van der Waals surface area contributed by atoms with Crippen LogP contribution in [0.4, 0.5) is 0 Å². The number of aromatic amines is 1. The molecule has 0 unspecified atom stereocenters. The van der Waals surface area contributed by atoms with Crippen LogP contribution < -0.4 is 5.48 Å². The molecule has 0 bridgehead atoms. The Morgan fingerprint density at radius 2 is 2.60 bits per heavy atom. The van der Waals surface area contributed by atoms with Gasteiger partial charge in [-0.15, -0.1) is 0 Å². The summed E-state index contributed by atoms with van der Waals surface area (Å²) in [4.78, 5) is 10.7. The lowest BCUT2D eigenvalue weighted by Crippen LogP contribution is -2.18. The van der Waals surface area contributed by atoms with Crippen molar-refractivity contribution in [3.05, 3.63) is 17.5 Å². The molecule has 54 valence electrons. The first-order valence-corrected chi connectivity index (χ1v) is 2.70. The topological polar surface area (TPSA) is 78.0 Å². The van der Waals surface area contributed by atoms with Crippen LogP contribution in [-0.4, -0.2) is 21.3 Å². The first-order valence-electron chi connectivity index (χ1n) is 2.70. The Bertz CT molecular complexity index is 243. The van der Waals surface area contributed by atoms with Crippen molar-refractivity contribution in [2.45, 2.75) is 6.92 Å². The first kappa shape index (κ1) is 6.76. The minimum atomic E-state index is -0.550. The lowest BCUT2D eigenvalue weighted by Gasteiger charge is -1.92. The van der Waals surface area contributed by atoms with E-state index >= 15 is 0 Å². The van der Waals surface area contributed by atoms with E-state index in [1.54, 1.807) is 6.92 Å². The third-order valence-electron chi connectivity index (χ3n) is 1.18. The van der Waals surface area contributed by atoms with Crippen molar-refractivity contribution >= 4 is 5.91 Å². The SMILES string of the molecule is Cc1[nH]ncc1C(=O)NO. The van der Waals surface area contributed by atoms with Crippen LogP contribution in [0.2, 0.25) is 0 Å². The molecule has 0 aliphatic heterocycles. The molecule has 1 rings (SSSR count). The van der Waals surface area contributed by atoms with E-state index in [0.29, 0.717) is 11.3 Å². The van der Waals surface area contributed by atoms with Gasteiger partial charge >= 0.3 is 0 Å². The molecule has 0 aromatic carbocycles. The Balaban J connectivity index is 2.93. The monoisotopic (exact) mass is 141 g/mol. The van der Waals surface area contributed by atoms with E-state index in [2.05, 4.69) is 10.2 Å². The summed E-state index contributed by atoms with van der Waals surface area (Å²) in [6.45, 7) is 1.69. The second-order valence-corrected chi connectivity index (χ2v) is 1.85. The van der Waals surface area contributed by atoms with Crippen molar-refractivity contribution in [1.29, 1.82) is 0 Å². The third kappa shape index (κ3) is 0.985. The number of amides is 1. The van der Waals surface area contributed by atoms with Gasteiger partial charge in [-0.05, 0) is 6.92 Å². The van der Waals surface area contributed by atoms with Crippen LogP contribution >= 0.6 is 0 Å². The number of H-pyrrole nitrogens is 1. The molecule has 0 atom stereocenters. The van der Waals surface area contributed by atoms with Gasteiger partial charge in [-0.25, -0.2) is 5.48 Å². The summed E-state index contributed by atoms with van der Waals surface area (Å²) in [5, 5.41) is 14.3. The Morgan fingerprint density at radius 1 is 1.90 bits per heavy atom. The largest absolute Gasteiger partial charge is 0.288 e. The highest BCUT2D eigenvalue weighted by molar-refractivity contribution is 5.94. The fourth-order valence-electron chi connectivity index (χ4n) is 0.640. The fourth-order valence-corrected chi connectivity index (χ4v) is 0.640. The zero-order valence-corrected chi connectivity index (χ0v) is 5.38. The maximum atomic E-state index is 10.7. The number of hydroxylamine groups is 1. The summed E-state index contributed by atoms with van der Waals surface area (Å²) >= 11 is 0. The average molecular weight is 141 g/mol. The zero-order chi connectivity index (χ0) is 7.56. The van der Waals surface area contributed by atoms with Crippen molar-refractivity contribution in [2.24, 2.45) is 0 Å². The van der Waals surface area contributed by atoms with Crippen LogP contribution in [0.15, 0.2) is 6.20 Å². The summed E-state index contributed by atoms with van der Waals surface area (Å²) in [6, 6.07) is 0. The van der Waals surface area contributed by atoms with E-state index < -0.39 is 5.91 Å². The lowest BCUT2D eigenvalue weighted by atomic mass is 10.2. The molecule has 0 spiro atoms. The summed E-state index contributed by atoms with van der Waals surface area (Å²) in [5.41, 5.74) is 2.49. The van der Waals surface area contributed by atoms with Crippen molar-refractivity contribution < 1.29 is 10.0 Å². The molecule has 1 aromatic rings. The number of nitrogens with one attached hydrogen (secondary N) is 2. The summed E-state index contributed by atoms with van der Waals surface area (Å²) < 4.78 is 0. The zero-order valence-electron chi connectivity index (χ0n) is 5.38. The maximum Gasteiger partial charge on any atom is 0.278 e. The van der Waals surface area contributed by atoms with E-state index in [1.807, 2.05) is 0 Å². The van der Waals surface area contributed by atoms with E-state index in [4.69, 9.17) is 5.21 Å². The summed E-state index contributed by atoms with van der Waals surface area (Å²) in [5.74, 6) is -0.550. The number of aryl methyl sites for hydroxylation is 1. The smallest absolute Gasteiger partial charge is 0.278 e. The normalized spacial score (nSPS) is 9.40. The molecule has 5 heteroatoms. The molecular formula is C5H7N3O2. The molecule has 0 aliphatic carbocycles. The molecular weight excluding hydrogens is 134 g/mol. The van der Waals surface area contributed by atoms with Gasteiger partial charge in [0.1, 0.15) is 0 Å². The molecule has 0 fully saturated rings. The maximum absolute atomic E-state index is 10.7. The quantitative estimate of drug-likeness (QED) is 0.375. The number of carbonyl (C=O) groups excluding carboxylic acids is 1. The van der Waals surface area contributed by atoms with Crippen molar-refractivity contribution in [3.63, 3.8) is 0 Å². The number of carbonyl (C=O) groups is 1. The number of hydrogen-bond acceptors (Lipinski definition) is 3. The Morgan fingerprint density at radius 3 is 3.00 bits per heavy atom. The third-order valence-corrected chi connectivity index (χ3v) is 1.18. The first-order chi connectivity index (χ1) is 4.75. The molecule has 1 amide bonds. The van der Waals surface area contributed by atoms with Crippen LogP contribution in [0.1, 0.15) is 16.1 Å². The highest BCUT2D eigenvalue weighted by Gasteiger charge is 2.07. The van der Waals surface area contributed by atoms with Gasteiger partial charge in [0.05, 0.1) is 11.8 Å². The second-order valence-electron chi connectivity index (χ2n) is 1.85. The van der Waals surface area contributed by atoms with E-state index in [-0.39, 0.29) is 0 Å². The number of hydrogen-bond donors (Lipinski definition) is 3. The molecule has 0 aliphatic rings. The highest BCUT2D eigenvalue weighted by atomic mass is 16.5. The number of nitrogens with zero attached hydrogens (tertiary/aromatic N) is 1. The standard InChI is InChI=1S/C5H7N3O2/c1-3-4(2-6-7-3)5(9)8-10/h2,10H,1H3,(H,6,7)(H,8,9). The minimum absolute atomic E-state index is 0.350. The van der Waals surface area contributed by atoms with Crippen LogP contribution in [-0.2, 0) is 0 Å². The number of rotatable bonds is 1. The number of aromatic nitrogens is 2. The molecule has 0 saturated carbocycles. The van der Waals surface area contributed by atoms with Crippen LogP contribution in [0, 0.1) is 6.92 Å². The predicted octanol–water partition coefficient (Wildman–Crippen LogP) is -0.163. The fraction of sp³-hybridized carbons (Fsp3) is 0.200. The van der Waals surface area contributed by atoms with E-state index in [9.17, 15) is 4.79 Å². The van der Waals surface area contributed by atoms with Gasteiger partial charge in [-0.1, -0.05) is 0 Å². The van der Waals surface area contributed by atoms with Gasteiger partial charge in [0.2, 0.25) is 0 Å². The summed E-state index contributed by atoms with van der Waals surface area (Å²) in [7, 11) is 0. The van der Waals surface area contributed by atoms with E-state index in [1.165, 1.54) is 11.7 Å². The van der Waals surface area contributed by atoms with Crippen molar-refractivity contribution in [3.8, 4) is 0 Å². The predicted molar refractivity (Wildman–Crippen MR) is 32.6 cm³/mol. The van der Waals surface area contributed by atoms with Gasteiger partial charge in [-0.2, -0.15) is 5.10 Å². The molecule has 5 nitrogen and oxygen atoms in total. The van der Waals surface area contributed by atoms with E-state index in [0.717, 1.165) is 0 Å².